The van der Waals surface area contributed by atoms with E-state index in [4.69, 9.17) is 5.73 Å². The first-order chi connectivity index (χ1) is 12.9. The number of amides is 1. The summed E-state index contributed by atoms with van der Waals surface area (Å²) >= 11 is 0. The van der Waals surface area contributed by atoms with Gasteiger partial charge in [0.25, 0.3) is 5.69 Å². The molecule has 0 atom stereocenters. The minimum absolute atomic E-state index is 0.0502. The Morgan fingerprint density at radius 2 is 1.86 bits per heavy atom. The van der Waals surface area contributed by atoms with Crippen LogP contribution in [0.5, 0.6) is 5.75 Å². The third kappa shape index (κ3) is 4.85. The zero-order valence-corrected chi connectivity index (χ0v) is 14.5. The predicted molar refractivity (Wildman–Crippen MR) is 92.4 cm³/mol. The van der Waals surface area contributed by atoms with Crippen LogP contribution in [0.3, 0.4) is 0 Å². The highest BCUT2D eigenvalue weighted by Crippen LogP contribution is 2.33. The maximum Gasteiger partial charge on any atom is 0.534 e. The van der Waals surface area contributed by atoms with Crippen molar-refractivity contribution in [3.63, 3.8) is 0 Å². The fourth-order valence-corrected chi connectivity index (χ4v) is 2.58. The number of alkyl halides is 3. The van der Waals surface area contributed by atoms with Crippen LogP contribution in [0.2, 0.25) is 0 Å². The highest BCUT2D eigenvalue weighted by molar-refractivity contribution is 7.88. The zero-order chi connectivity index (χ0) is 21.1. The number of carbonyl (C=O) groups excluding carboxylic acids is 1. The van der Waals surface area contributed by atoms with E-state index in [0.29, 0.717) is 5.56 Å². The van der Waals surface area contributed by atoms with E-state index in [2.05, 4.69) is 4.18 Å². The van der Waals surface area contributed by atoms with Crippen molar-refractivity contribution < 1.29 is 35.5 Å². The first kappa shape index (κ1) is 20.9. The second kappa shape index (κ2) is 7.68. The van der Waals surface area contributed by atoms with E-state index in [9.17, 15) is 36.5 Å². The lowest BCUT2D eigenvalue weighted by molar-refractivity contribution is -0.384. The summed E-state index contributed by atoms with van der Waals surface area (Å²) in [4.78, 5) is 21.3. The summed E-state index contributed by atoms with van der Waals surface area (Å²) in [7, 11) is -5.90. The van der Waals surface area contributed by atoms with Gasteiger partial charge < -0.3 is 9.92 Å². The number of hydrogen-bond acceptors (Lipinski definition) is 6. The average Bonchev–Trinajstić information content (AvgIpc) is 2.59. The molecule has 0 saturated heterocycles. The molecule has 0 bridgehead atoms. The quantitative estimate of drug-likeness (QED) is 0.253. The predicted octanol–water partition coefficient (Wildman–Crippen LogP) is 2.99. The molecule has 0 aliphatic heterocycles. The van der Waals surface area contributed by atoms with Crippen LogP contribution < -0.4 is 9.92 Å². The first-order valence-corrected chi connectivity index (χ1v) is 8.69. The van der Waals surface area contributed by atoms with Gasteiger partial charge in [-0.1, -0.05) is 18.2 Å². The molecule has 148 valence electrons. The van der Waals surface area contributed by atoms with Gasteiger partial charge in [-0.05, 0) is 34.9 Å². The summed E-state index contributed by atoms with van der Waals surface area (Å²) in [6.45, 7) is 0. The van der Waals surface area contributed by atoms with Crippen molar-refractivity contribution in [3.8, 4) is 16.9 Å². The van der Waals surface area contributed by atoms with Crippen molar-refractivity contribution >= 4 is 27.8 Å². The van der Waals surface area contributed by atoms with Gasteiger partial charge in [-0.2, -0.15) is 21.6 Å². The largest absolute Gasteiger partial charge is 0.534 e. The molecule has 2 N–H and O–H groups in total. The highest BCUT2D eigenvalue weighted by atomic mass is 32.2. The fraction of sp³-hybridized carbons (Fsp3) is 0.0625. The van der Waals surface area contributed by atoms with Crippen LogP contribution in [0.1, 0.15) is 5.56 Å². The number of nitro benzene ring substituents is 1. The lowest BCUT2D eigenvalue weighted by atomic mass is 9.98. The Bertz CT molecular complexity index is 1060. The van der Waals surface area contributed by atoms with E-state index in [0.717, 1.165) is 24.3 Å². The standard InChI is InChI=1S/C16H11F3N2O6S/c17-16(18,19)28(25,26)27-13-5-6-14(11(9-13)4-7-15(20)22)10-2-1-3-12(8-10)21(23)24/h1-9H,(H2,20,22). The Morgan fingerprint density at radius 3 is 2.43 bits per heavy atom. The van der Waals surface area contributed by atoms with E-state index in [1.165, 1.54) is 30.3 Å². The molecule has 0 spiro atoms. The van der Waals surface area contributed by atoms with Gasteiger partial charge in [0.05, 0.1) is 4.92 Å². The molecule has 0 aromatic heterocycles. The van der Waals surface area contributed by atoms with Crippen LogP contribution in [0.15, 0.2) is 48.5 Å². The Kier molecular flexibility index (Phi) is 5.73. The van der Waals surface area contributed by atoms with Gasteiger partial charge in [0.2, 0.25) is 5.91 Å². The van der Waals surface area contributed by atoms with Crippen LogP contribution in [-0.4, -0.2) is 24.8 Å². The molecule has 1 amide bonds. The van der Waals surface area contributed by atoms with Crippen molar-refractivity contribution in [3.05, 3.63) is 64.2 Å². The van der Waals surface area contributed by atoms with Crippen molar-refractivity contribution in [2.24, 2.45) is 5.73 Å². The number of hydrogen-bond donors (Lipinski definition) is 1. The van der Waals surface area contributed by atoms with Crippen LogP contribution in [0.25, 0.3) is 17.2 Å². The number of primary amides is 1. The molecule has 0 unspecified atom stereocenters. The smallest absolute Gasteiger partial charge is 0.376 e. The van der Waals surface area contributed by atoms with E-state index < -0.39 is 32.2 Å². The van der Waals surface area contributed by atoms with Gasteiger partial charge >= 0.3 is 15.6 Å². The number of benzene rings is 2. The van der Waals surface area contributed by atoms with E-state index in [1.807, 2.05) is 0 Å². The number of halogens is 3. The zero-order valence-electron chi connectivity index (χ0n) is 13.7. The van der Waals surface area contributed by atoms with E-state index in [-0.39, 0.29) is 16.8 Å². The molecule has 12 heteroatoms. The van der Waals surface area contributed by atoms with Gasteiger partial charge in [0.15, 0.2) is 0 Å². The van der Waals surface area contributed by atoms with Gasteiger partial charge in [-0.15, -0.1) is 0 Å². The third-order valence-electron chi connectivity index (χ3n) is 3.31. The molecular formula is C16H11F3N2O6S. The van der Waals surface area contributed by atoms with Crippen LogP contribution >= 0.6 is 0 Å². The summed E-state index contributed by atoms with van der Waals surface area (Å²) in [5.74, 6) is -1.55. The molecular weight excluding hydrogens is 405 g/mol. The number of nitro groups is 1. The Morgan fingerprint density at radius 1 is 1.18 bits per heavy atom. The first-order valence-electron chi connectivity index (χ1n) is 7.28. The summed E-state index contributed by atoms with van der Waals surface area (Å²) in [5, 5.41) is 10.9. The van der Waals surface area contributed by atoms with Gasteiger partial charge in [-0.25, -0.2) is 0 Å². The molecule has 2 aromatic carbocycles. The topological polar surface area (TPSA) is 130 Å². The molecule has 0 heterocycles. The van der Waals surface area contributed by atoms with Crippen LogP contribution in [0, 0.1) is 10.1 Å². The maximum absolute atomic E-state index is 12.5. The molecule has 0 radical (unpaired) electrons. The van der Waals surface area contributed by atoms with Crippen molar-refractivity contribution in [1.82, 2.24) is 0 Å². The monoisotopic (exact) mass is 416 g/mol. The number of nitrogens with two attached hydrogens (primary N) is 1. The van der Waals surface area contributed by atoms with Gasteiger partial charge in [-0.3, -0.25) is 14.9 Å². The van der Waals surface area contributed by atoms with E-state index in [1.54, 1.807) is 0 Å². The number of non-ortho nitro benzene ring substituents is 1. The van der Waals surface area contributed by atoms with Gasteiger partial charge in [0, 0.05) is 18.2 Å². The lowest BCUT2D eigenvalue weighted by Gasteiger charge is -2.12. The molecule has 0 aliphatic rings. The molecule has 0 aliphatic carbocycles. The molecule has 8 nitrogen and oxygen atoms in total. The molecule has 0 fully saturated rings. The Hall–Kier alpha value is -3.41. The van der Waals surface area contributed by atoms with Crippen molar-refractivity contribution in [2.45, 2.75) is 5.51 Å². The van der Waals surface area contributed by atoms with Gasteiger partial charge in [0.1, 0.15) is 5.75 Å². The minimum Gasteiger partial charge on any atom is -0.376 e. The molecule has 28 heavy (non-hydrogen) atoms. The van der Waals surface area contributed by atoms with E-state index >= 15 is 0 Å². The summed E-state index contributed by atoms with van der Waals surface area (Å²) in [6.07, 6.45) is 2.00. The average molecular weight is 416 g/mol. The number of carbonyl (C=O) groups is 1. The fourth-order valence-electron chi connectivity index (χ4n) is 2.13. The second-order valence-electron chi connectivity index (χ2n) is 5.28. The number of rotatable bonds is 6. The Balaban J connectivity index is 2.57. The lowest BCUT2D eigenvalue weighted by Crippen LogP contribution is -2.28. The van der Waals surface area contributed by atoms with Crippen LogP contribution in [0.4, 0.5) is 18.9 Å². The van der Waals surface area contributed by atoms with Crippen molar-refractivity contribution in [1.29, 1.82) is 0 Å². The summed E-state index contributed by atoms with van der Waals surface area (Å²) in [6, 6.07) is 8.36. The third-order valence-corrected chi connectivity index (χ3v) is 4.29. The number of nitrogens with zero attached hydrogens (tertiary/aromatic N) is 1. The van der Waals surface area contributed by atoms with Crippen LogP contribution in [-0.2, 0) is 14.9 Å². The minimum atomic E-state index is -5.90. The SMILES string of the molecule is NC(=O)C=Cc1cc(OS(=O)(=O)C(F)(F)F)ccc1-c1cccc([N+](=O)[O-])c1. The second-order valence-corrected chi connectivity index (χ2v) is 6.81. The Labute approximate surface area is 156 Å². The highest BCUT2D eigenvalue weighted by Gasteiger charge is 2.48. The molecule has 2 aromatic rings. The maximum atomic E-state index is 12.5. The molecule has 2 rings (SSSR count). The van der Waals surface area contributed by atoms with Crippen molar-refractivity contribution in [2.75, 3.05) is 0 Å². The molecule has 0 saturated carbocycles. The summed E-state index contributed by atoms with van der Waals surface area (Å²) < 4.78 is 63.8. The summed E-state index contributed by atoms with van der Waals surface area (Å²) in [5.41, 5.74) is -0.272. The normalized spacial score (nSPS) is 12.1.